The molecule has 0 fully saturated rings. The molecule has 150 valence electrons. The smallest absolute Gasteiger partial charge is 0.274 e. The van der Waals surface area contributed by atoms with Crippen molar-refractivity contribution in [2.45, 2.75) is 0 Å². The molecule has 8 N–H and O–H groups in total. The van der Waals surface area contributed by atoms with Gasteiger partial charge in [-0.15, -0.1) is 24.8 Å². The van der Waals surface area contributed by atoms with E-state index < -0.39 is 5.91 Å². The summed E-state index contributed by atoms with van der Waals surface area (Å²) < 4.78 is 2.96. The summed E-state index contributed by atoms with van der Waals surface area (Å²) in [6, 6.07) is 3.08. The van der Waals surface area contributed by atoms with Gasteiger partial charge in [0.25, 0.3) is 11.8 Å². The maximum absolute atomic E-state index is 12.4. The van der Waals surface area contributed by atoms with Crippen molar-refractivity contribution in [3.8, 4) is 0 Å². The molecule has 0 saturated heterocycles. The second-order valence-corrected chi connectivity index (χ2v) is 5.28. The third-order valence-corrected chi connectivity index (χ3v) is 3.36. The third kappa shape index (κ3) is 6.08. The molecule has 2 heterocycles. The number of anilines is 2. The van der Waals surface area contributed by atoms with Crippen LogP contribution in [0.3, 0.4) is 0 Å². The standard InChI is InChI=1S/C14H21N9O2.2ClH/c1-22-6-3-8(11(22)13(25)18-4-5-19-14(16)17)20-12(24)9-7-10(15)21-23(9)2;;/h3,6-7H,4-5H2,1-2H3,(H2,15,21)(H,18,25)(H,20,24)(H4,16,17,19);2*1H. The van der Waals surface area contributed by atoms with Crippen molar-refractivity contribution >= 4 is 54.1 Å². The van der Waals surface area contributed by atoms with E-state index in [-0.39, 0.29) is 61.3 Å². The van der Waals surface area contributed by atoms with Gasteiger partial charge in [0.05, 0.1) is 12.2 Å². The number of aliphatic imine (C=N–C) groups is 1. The van der Waals surface area contributed by atoms with Gasteiger partial charge < -0.3 is 32.4 Å². The summed E-state index contributed by atoms with van der Waals surface area (Å²) in [5.74, 6) is -0.597. The lowest BCUT2D eigenvalue weighted by Crippen LogP contribution is -2.30. The minimum Gasteiger partial charge on any atom is -0.382 e. The van der Waals surface area contributed by atoms with Crippen LogP contribution in [0.1, 0.15) is 21.0 Å². The Kier molecular flexibility index (Phi) is 9.17. The summed E-state index contributed by atoms with van der Waals surface area (Å²) in [7, 11) is 3.30. The molecule has 0 radical (unpaired) electrons. The first-order valence-corrected chi connectivity index (χ1v) is 7.39. The Morgan fingerprint density at radius 1 is 1.22 bits per heavy atom. The highest BCUT2D eigenvalue weighted by Gasteiger charge is 2.19. The minimum atomic E-state index is -0.424. The summed E-state index contributed by atoms with van der Waals surface area (Å²) in [5, 5.41) is 9.29. The van der Waals surface area contributed by atoms with Gasteiger partial charge in [-0.25, -0.2) is 0 Å². The van der Waals surface area contributed by atoms with Crippen LogP contribution >= 0.6 is 24.8 Å². The van der Waals surface area contributed by atoms with Crippen LogP contribution in [0.25, 0.3) is 0 Å². The van der Waals surface area contributed by atoms with Crippen LogP contribution in [0.2, 0.25) is 0 Å². The topological polar surface area (TPSA) is 171 Å². The van der Waals surface area contributed by atoms with E-state index >= 15 is 0 Å². The Morgan fingerprint density at radius 2 is 1.89 bits per heavy atom. The minimum absolute atomic E-state index is 0. The van der Waals surface area contributed by atoms with E-state index in [4.69, 9.17) is 17.2 Å². The van der Waals surface area contributed by atoms with Gasteiger partial charge in [0, 0.05) is 32.9 Å². The molecular weight excluding hydrogens is 397 g/mol. The first kappa shape index (κ1) is 24.1. The normalized spacial score (nSPS) is 9.56. The number of hydrogen-bond acceptors (Lipinski definition) is 5. The molecule has 0 atom stereocenters. The van der Waals surface area contributed by atoms with Crippen LogP contribution in [0, 0.1) is 0 Å². The van der Waals surface area contributed by atoms with Gasteiger partial charge in [-0.1, -0.05) is 0 Å². The average molecular weight is 420 g/mol. The van der Waals surface area contributed by atoms with Gasteiger partial charge in [0.2, 0.25) is 0 Å². The maximum atomic E-state index is 12.4. The number of hydrogen-bond donors (Lipinski definition) is 5. The predicted molar refractivity (Wildman–Crippen MR) is 108 cm³/mol. The second kappa shape index (κ2) is 10.3. The number of aryl methyl sites for hydroxylation is 2. The van der Waals surface area contributed by atoms with Gasteiger partial charge in [0.1, 0.15) is 17.2 Å². The second-order valence-electron chi connectivity index (χ2n) is 5.28. The van der Waals surface area contributed by atoms with Crippen molar-refractivity contribution in [3.05, 3.63) is 29.7 Å². The van der Waals surface area contributed by atoms with Crippen LogP contribution in [0.4, 0.5) is 11.5 Å². The summed E-state index contributed by atoms with van der Waals surface area (Å²) in [6.45, 7) is 0.516. The Labute approximate surface area is 168 Å². The molecule has 2 amide bonds. The molecule has 0 aromatic carbocycles. The fourth-order valence-electron chi connectivity index (χ4n) is 2.24. The van der Waals surface area contributed by atoms with E-state index in [1.54, 1.807) is 30.9 Å². The molecule has 2 aromatic heterocycles. The van der Waals surface area contributed by atoms with E-state index in [0.717, 1.165) is 0 Å². The van der Waals surface area contributed by atoms with Crippen LogP contribution < -0.4 is 27.8 Å². The number of rotatable bonds is 6. The van der Waals surface area contributed by atoms with Crippen molar-refractivity contribution in [2.24, 2.45) is 30.6 Å². The lowest BCUT2D eigenvalue weighted by atomic mass is 10.3. The molecule has 0 spiro atoms. The van der Waals surface area contributed by atoms with Crippen molar-refractivity contribution in [2.75, 3.05) is 24.1 Å². The molecule has 2 aromatic rings. The van der Waals surface area contributed by atoms with Crippen LogP contribution in [0.15, 0.2) is 23.3 Å². The predicted octanol–water partition coefficient (Wildman–Crippen LogP) is -0.560. The molecule has 0 unspecified atom stereocenters. The Morgan fingerprint density at radius 3 is 2.44 bits per heavy atom. The average Bonchev–Trinajstić information content (AvgIpc) is 3.05. The van der Waals surface area contributed by atoms with Crippen molar-refractivity contribution in [3.63, 3.8) is 0 Å². The molecule has 0 aliphatic rings. The van der Waals surface area contributed by atoms with Gasteiger partial charge in [-0.05, 0) is 6.07 Å². The summed E-state index contributed by atoms with van der Waals surface area (Å²) in [6.07, 6.45) is 1.66. The third-order valence-electron chi connectivity index (χ3n) is 3.36. The van der Waals surface area contributed by atoms with Gasteiger partial charge >= 0.3 is 0 Å². The molecule has 0 aliphatic heterocycles. The maximum Gasteiger partial charge on any atom is 0.274 e. The fourth-order valence-corrected chi connectivity index (χ4v) is 2.24. The summed E-state index contributed by atoms with van der Waals surface area (Å²) in [5.41, 5.74) is 17.0. The highest BCUT2D eigenvalue weighted by molar-refractivity contribution is 6.08. The number of nitrogens with zero attached hydrogens (tertiary/aromatic N) is 4. The Balaban J connectivity index is 0.00000338. The number of carbonyl (C=O) groups is 2. The molecule has 11 nitrogen and oxygen atoms in total. The number of nitrogens with two attached hydrogens (primary N) is 3. The van der Waals surface area contributed by atoms with Crippen LogP contribution in [-0.2, 0) is 14.1 Å². The van der Waals surface area contributed by atoms with E-state index in [9.17, 15) is 9.59 Å². The monoisotopic (exact) mass is 419 g/mol. The number of halogens is 2. The van der Waals surface area contributed by atoms with Crippen LogP contribution in [-0.4, -0.2) is 45.2 Å². The first-order chi connectivity index (χ1) is 11.8. The Hall–Kier alpha value is -2.92. The molecule has 27 heavy (non-hydrogen) atoms. The van der Waals surface area contributed by atoms with Crippen molar-refractivity contribution in [1.29, 1.82) is 0 Å². The summed E-state index contributed by atoms with van der Waals surface area (Å²) >= 11 is 0. The van der Waals surface area contributed by atoms with Gasteiger partial charge in [-0.3, -0.25) is 19.3 Å². The zero-order valence-electron chi connectivity index (χ0n) is 14.8. The van der Waals surface area contributed by atoms with E-state index in [0.29, 0.717) is 11.4 Å². The number of aromatic nitrogens is 3. The Bertz CT molecular complexity index is 825. The largest absolute Gasteiger partial charge is 0.382 e. The number of carbonyl (C=O) groups excluding carboxylic acids is 2. The van der Waals surface area contributed by atoms with E-state index in [2.05, 4.69) is 20.7 Å². The highest BCUT2D eigenvalue weighted by Crippen LogP contribution is 2.18. The quantitative estimate of drug-likeness (QED) is 0.238. The lowest BCUT2D eigenvalue weighted by Gasteiger charge is -2.09. The lowest BCUT2D eigenvalue weighted by molar-refractivity contribution is 0.0947. The highest BCUT2D eigenvalue weighted by atomic mass is 35.5. The molecule has 2 rings (SSSR count). The molecular formula is C14H23Cl2N9O2. The molecule has 0 saturated carbocycles. The van der Waals surface area contributed by atoms with Crippen molar-refractivity contribution < 1.29 is 9.59 Å². The zero-order valence-corrected chi connectivity index (χ0v) is 16.4. The number of nitrogens with one attached hydrogen (secondary N) is 2. The van der Waals surface area contributed by atoms with Gasteiger partial charge in [-0.2, -0.15) is 5.10 Å². The number of amides is 2. The first-order valence-electron chi connectivity index (χ1n) is 7.39. The SMILES string of the molecule is Cl.Cl.Cn1ccc(NC(=O)c2cc(N)nn2C)c1C(=O)NCCN=C(N)N. The van der Waals surface area contributed by atoms with Crippen molar-refractivity contribution in [1.82, 2.24) is 19.7 Å². The molecule has 0 bridgehead atoms. The zero-order chi connectivity index (χ0) is 18.6. The summed E-state index contributed by atoms with van der Waals surface area (Å²) in [4.78, 5) is 28.5. The number of guanidine groups is 1. The van der Waals surface area contributed by atoms with E-state index in [1.165, 1.54) is 10.7 Å². The van der Waals surface area contributed by atoms with E-state index in [1.807, 2.05) is 0 Å². The molecule has 13 heteroatoms. The van der Waals surface area contributed by atoms with Gasteiger partial charge in [0.15, 0.2) is 5.96 Å². The molecule has 0 aliphatic carbocycles. The van der Waals surface area contributed by atoms with Crippen LogP contribution in [0.5, 0.6) is 0 Å². The number of nitrogen functional groups attached to an aromatic ring is 1. The fraction of sp³-hybridized carbons (Fsp3) is 0.286.